The molecule has 1 aliphatic heterocycles. The molecule has 1 fully saturated rings. The van der Waals surface area contributed by atoms with Gasteiger partial charge in [-0.25, -0.2) is 9.18 Å². The highest BCUT2D eigenvalue weighted by Gasteiger charge is 2.47. The molecule has 6 nitrogen and oxygen atoms in total. The Hall–Kier alpha value is -1.92. The van der Waals surface area contributed by atoms with Crippen LogP contribution in [0.5, 0.6) is 0 Å². The van der Waals surface area contributed by atoms with Crippen LogP contribution in [0.25, 0.3) is 0 Å². The number of amides is 1. The van der Waals surface area contributed by atoms with E-state index in [1.807, 2.05) is 13.8 Å². The summed E-state index contributed by atoms with van der Waals surface area (Å²) in [4.78, 5) is 24.2. The number of carboxylic acids is 1. The van der Waals surface area contributed by atoms with Crippen LogP contribution in [0.2, 0.25) is 0 Å². The molecule has 1 unspecified atom stereocenters. The Morgan fingerprint density at radius 1 is 1.52 bits per heavy atom. The number of carbonyl (C=O) groups is 2. The third-order valence-corrected chi connectivity index (χ3v) is 4.03. The van der Waals surface area contributed by atoms with E-state index in [4.69, 9.17) is 9.63 Å². The Morgan fingerprint density at radius 3 is 2.71 bits per heavy atom. The molecular formula is C14H19FN2O4. The van der Waals surface area contributed by atoms with Gasteiger partial charge in [0.25, 0.3) is 5.91 Å². The maximum atomic E-state index is 14.0. The van der Waals surface area contributed by atoms with Crippen molar-refractivity contribution in [2.24, 2.45) is 0 Å². The van der Waals surface area contributed by atoms with E-state index in [-0.39, 0.29) is 24.6 Å². The third-order valence-electron chi connectivity index (χ3n) is 4.03. The summed E-state index contributed by atoms with van der Waals surface area (Å²) in [6.07, 6.45) is 1.56. The number of halogens is 1. The molecule has 2 heterocycles. The first-order valence-electron chi connectivity index (χ1n) is 7.09. The second kappa shape index (κ2) is 5.83. The Labute approximate surface area is 121 Å². The normalized spacial score (nSPS) is 22.0. The smallest absolute Gasteiger partial charge is 0.343 e. The van der Waals surface area contributed by atoms with Crippen LogP contribution >= 0.6 is 0 Å². The summed E-state index contributed by atoms with van der Waals surface area (Å²) in [5.41, 5.74) is -1.67. The zero-order valence-corrected chi connectivity index (χ0v) is 12.1. The molecule has 1 saturated heterocycles. The standard InChI is InChI=1S/C14H19FN2O4/c1-3-9(4-2)10-7-11(21-16-10)12(18)17-6-5-14(15,8-17)13(19)20/h7,9H,3-6,8H2,1-2H3,(H,19,20). The van der Waals surface area contributed by atoms with E-state index in [1.54, 1.807) is 6.07 Å². The van der Waals surface area contributed by atoms with E-state index >= 15 is 0 Å². The fraction of sp³-hybridized carbons (Fsp3) is 0.643. The molecule has 0 spiro atoms. The topological polar surface area (TPSA) is 83.6 Å². The quantitative estimate of drug-likeness (QED) is 0.901. The summed E-state index contributed by atoms with van der Waals surface area (Å²) < 4.78 is 19.0. The van der Waals surface area contributed by atoms with Gasteiger partial charge in [0.15, 0.2) is 0 Å². The summed E-state index contributed by atoms with van der Waals surface area (Å²) >= 11 is 0. The lowest BCUT2D eigenvalue weighted by Gasteiger charge is -2.16. The molecule has 0 saturated carbocycles. The van der Waals surface area contributed by atoms with Crippen LogP contribution in [0.15, 0.2) is 10.6 Å². The molecule has 1 N–H and O–H groups in total. The van der Waals surface area contributed by atoms with Gasteiger partial charge in [0.2, 0.25) is 11.4 Å². The molecule has 0 radical (unpaired) electrons. The number of likely N-dealkylation sites (tertiary alicyclic amines) is 1. The molecule has 1 aromatic rings. The van der Waals surface area contributed by atoms with Crippen molar-refractivity contribution in [1.82, 2.24) is 10.1 Å². The van der Waals surface area contributed by atoms with Crippen molar-refractivity contribution < 1.29 is 23.6 Å². The van der Waals surface area contributed by atoms with Crippen molar-refractivity contribution in [2.75, 3.05) is 13.1 Å². The Kier molecular flexibility index (Phi) is 4.29. The first-order valence-corrected chi connectivity index (χ1v) is 7.09. The number of carboxylic acid groups (broad SMARTS) is 1. The second-order valence-corrected chi connectivity index (χ2v) is 5.38. The molecule has 7 heteroatoms. The summed E-state index contributed by atoms with van der Waals surface area (Å²) in [6, 6.07) is 1.57. The van der Waals surface area contributed by atoms with Crippen LogP contribution in [0, 0.1) is 0 Å². The fourth-order valence-corrected chi connectivity index (χ4v) is 2.57. The molecule has 1 aliphatic rings. The number of hydrogen-bond acceptors (Lipinski definition) is 4. The Morgan fingerprint density at radius 2 is 2.19 bits per heavy atom. The number of aromatic nitrogens is 1. The number of carbonyl (C=O) groups excluding carboxylic acids is 1. The van der Waals surface area contributed by atoms with E-state index in [0.29, 0.717) is 5.69 Å². The molecule has 2 rings (SSSR count). The predicted octanol–water partition coefficient (Wildman–Crippen LogP) is 2.22. The Balaban J connectivity index is 2.10. The van der Waals surface area contributed by atoms with Crippen LogP contribution in [-0.2, 0) is 4.79 Å². The highest BCUT2D eigenvalue weighted by atomic mass is 19.1. The third kappa shape index (κ3) is 2.91. The zero-order chi connectivity index (χ0) is 15.6. The van der Waals surface area contributed by atoms with Gasteiger partial charge in [0, 0.05) is 24.9 Å². The van der Waals surface area contributed by atoms with Crippen molar-refractivity contribution in [3.63, 3.8) is 0 Å². The number of rotatable bonds is 5. The van der Waals surface area contributed by atoms with Crippen LogP contribution < -0.4 is 0 Å². The largest absolute Gasteiger partial charge is 0.479 e. The maximum absolute atomic E-state index is 14.0. The highest BCUT2D eigenvalue weighted by molar-refractivity contribution is 5.92. The molecule has 0 aliphatic carbocycles. The number of aliphatic carboxylic acids is 1. The summed E-state index contributed by atoms with van der Waals surface area (Å²) in [5.74, 6) is -1.80. The van der Waals surface area contributed by atoms with Gasteiger partial charge in [-0.3, -0.25) is 4.79 Å². The van der Waals surface area contributed by atoms with Gasteiger partial charge in [0.1, 0.15) is 0 Å². The van der Waals surface area contributed by atoms with E-state index in [9.17, 15) is 14.0 Å². The fourth-order valence-electron chi connectivity index (χ4n) is 2.57. The SMILES string of the molecule is CCC(CC)c1cc(C(=O)N2CCC(F)(C(=O)O)C2)on1. The number of hydrogen-bond donors (Lipinski definition) is 1. The maximum Gasteiger partial charge on any atom is 0.343 e. The van der Waals surface area contributed by atoms with E-state index in [0.717, 1.165) is 17.7 Å². The van der Waals surface area contributed by atoms with Crippen molar-refractivity contribution in [2.45, 2.75) is 44.7 Å². The van der Waals surface area contributed by atoms with Gasteiger partial charge in [-0.2, -0.15) is 0 Å². The molecule has 1 amide bonds. The van der Waals surface area contributed by atoms with E-state index in [2.05, 4.69) is 5.16 Å². The number of nitrogens with zero attached hydrogens (tertiary/aromatic N) is 2. The second-order valence-electron chi connectivity index (χ2n) is 5.38. The van der Waals surface area contributed by atoms with E-state index < -0.39 is 24.1 Å². The van der Waals surface area contributed by atoms with Gasteiger partial charge < -0.3 is 14.5 Å². The first-order chi connectivity index (χ1) is 9.91. The van der Waals surface area contributed by atoms with Crippen LogP contribution in [-0.4, -0.2) is 45.8 Å². The lowest BCUT2D eigenvalue weighted by atomic mass is 9.99. The van der Waals surface area contributed by atoms with Gasteiger partial charge in [-0.1, -0.05) is 19.0 Å². The number of alkyl halides is 1. The van der Waals surface area contributed by atoms with Gasteiger partial charge in [-0.15, -0.1) is 0 Å². The van der Waals surface area contributed by atoms with Crippen molar-refractivity contribution in [3.8, 4) is 0 Å². The highest BCUT2D eigenvalue weighted by Crippen LogP contribution is 2.28. The minimum absolute atomic E-state index is 0.0338. The van der Waals surface area contributed by atoms with Crippen LogP contribution in [0.4, 0.5) is 4.39 Å². The van der Waals surface area contributed by atoms with E-state index in [1.165, 1.54) is 0 Å². The zero-order valence-electron chi connectivity index (χ0n) is 12.1. The average Bonchev–Trinajstić information content (AvgIpc) is 3.08. The van der Waals surface area contributed by atoms with Crippen molar-refractivity contribution in [1.29, 1.82) is 0 Å². The molecule has 21 heavy (non-hydrogen) atoms. The summed E-state index contributed by atoms with van der Waals surface area (Å²) in [6.45, 7) is 3.65. The first kappa shape index (κ1) is 15.5. The monoisotopic (exact) mass is 298 g/mol. The minimum Gasteiger partial charge on any atom is -0.479 e. The molecule has 0 aromatic carbocycles. The molecule has 116 valence electrons. The summed E-state index contributed by atoms with van der Waals surface area (Å²) in [7, 11) is 0. The van der Waals surface area contributed by atoms with Crippen LogP contribution in [0.1, 0.15) is 55.3 Å². The Bertz CT molecular complexity index is 541. The minimum atomic E-state index is -2.37. The van der Waals surface area contributed by atoms with Gasteiger partial charge >= 0.3 is 5.97 Å². The molecular weight excluding hydrogens is 279 g/mol. The predicted molar refractivity (Wildman–Crippen MR) is 71.8 cm³/mol. The average molecular weight is 298 g/mol. The lowest BCUT2D eigenvalue weighted by molar-refractivity contribution is -0.149. The molecule has 1 atom stereocenters. The molecule has 1 aromatic heterocycles. The van der Waals surface area contributed by atoms with Gasteiger partial charge in [-0.05, 0) is 12.8 Å². The lowest BCUT2D eigenvalue weighted by Crippen LogP contribution is -2.38. The van der Waals surface area contributed by atoms with Crippen LogP contribution in [0.3, 0.4) is 0 Å². The van der Waals surface area contributed by atoms with Gasteiger partial charge in [0.05, 0.1) is 12.2 Å². The molecule has 0 bridgehead atoms. The van der Waals surface area contributed by atoms with Crippen molar-refractivity contribution in [3.05, 3.63) is 17.5 Å². The summed E-state index contributed by atoms with van der Waals surface area (Å²) in [5, 5.41) is 12.7. The van der Waals surface area contributed by atoms with Crippen molar-refractivity contribution >= 4 is 11.9 Å².